The van der Waals surface area contributed by atoms with Gasteiger partial charge >= 0.3 is 0 Å². The molecule has 0 N–H and O–H groups in total. The normalized spacial score (nSPS) is 13.1. The van der Waals surface area contributed by atoms with Gasteiger partial charge < -0.3 is 0 Å². The third-order valence-corrected chi connectivity index (χ3v) is 2.42. The minimum Gasteiger partial charge on any atom is -0.243 e. The summed E-state index contributed by atoms with van der Waals surface area (Å²) in [7, 11) is 0. The molecule has 0 nitrogen and oxygen atoms in total. The zero-order valence-electron chi connectivity index (χ0n) is 5.94. The Kier molecular flexibility index (Phi) is 2.90. The highest BCUT2D eigenvalue weighted by molar-refractivity contribution is 9.10. The van der Waals surface area contributed by atoms with Crippen molar-refractivity contribution in [2.75, 3.05) is 0 Å². The van der Waals surface area contributed by atoms with E-state index in [1.54, 1.807) is 18.2 Å². The van der Waals surface area contributed by atoms with Gasteiger partial charge in [0.25, 0.3) is 0 Å². The average Bonchev–Trinajstić information content (AvgIpc) is 1.85. The van der Waals surface area contributed by atoms with Gasteiger partial charge in [-0.25, -0.2) is 4.39 Å². The molecule has 0 radical (unpaired) electrons. The highest BCUT2D eigenvalue weighted by atomic mass is 79.9. The van der Waals surface area contributed by atoms with Crippen LogP contribution in [0.4, 0.5) is 4.39 Å². The lowest BCUT2D eigenvalue weighted by Gasteiger charge is -2.06. The molecular formula is C8H7BrClF. The Morgan fingerprint density at radius 2 is 2.18 bits per heavy atom. The second-order valence-electron chi connectivity index (χ2n) is 2.25. The van der Waals surface area contributed by atoms with Crippen LogP contribution in [0.15, 0.2) is 22.7 Å². The Hall–Kier alpha value is -0.0800. The molecular weight excluding hydrogens is 230 g/mol. The van der Waals surface area contributed by atoms with Gasteiger partial charge in [0, 0.05) is 15.1 Å². The molecule has 0 heterocycles. The Labute approximate surface area is 78.5 Å². The van der Waals surface area contributed by atoms with E-state index in [2.05, 4.69) is 15.9 Å². The second kappa shape index (κ2) is 3.55. The Morgan fingerprint density at radius 3 is 2.55 bits per heavy atom. The number of hydrogen-bond donors (Lipinski definition) is 0. The molecule has 0 aliphatic heterocycles. The van der Waals surface area contributed by atoms with E-state index in [1.807, 2.05) is 0 Å². The molecule has 0 amide bonds. The molecule has 1 aromatic carbocycles. The predicted octanol–water partition coefficient (Wildman–Crippen LogP) is 4.13. The lowest BCUT2D eigenvalue weighted by molar-refractivity contribution is 0.373. The van der Waals surface area contributed by atoms with Crippen LogP contribution in [0.2, 0.25) is 5.02 Å². The maximum absolute atomic E-state index is 12.8. The Bertz CT molecular complexity index is 240. The van der Waals surface area contributed by atoms with Gasteiger partial charge in [-0.2, -0.15) is 0 Å². The average molecular weight is 237 g/mol. The van der Waals surface area contributed by atoms with Crippen molar-refractivity contribution in [3.05, 3.63) is 33.3 Å². The molecule has 3 heteroatoms. The molecule has 11 heavy (non-hydrogen) atoms. The van der Waals surface area contributed by atoms with Crippen molar-refractivity contribution >= 4 is 27.5 Å². The molecule has 1 aromatic rings. The fraction of sp³-hybridized carbons (Fsp3) is 0.250. The lowest BCUT2D eigenvalue weighted by atomic mass is 10.1. The maximum atomic E-state index is 12.8. The quantitative estimate of drug-likeness (QED) is 0.689. The fourth-order valence-electron chi connectivity index (χ4n) is 0.891. The zero-order chi connectivity index (χ0) is 8.43. The van der Waals surface area contributed by atoms with Crippen LogP contribution < -0.4 is 0 Å². The van der Waals surface area contributed by atoms with Gasteiger partial charge in [-0.1, -0.05) is 33.6 Å². The Balaban J connectivity index is 3.21. The minimum atomic E-state index is -1.03. The molecule has 0 saturated heterocycles. The summed E-state index contributed by atoms with van der Waals surface area (Å²) in [5, 5.41) is 0.467. The van der Waals surface area contributed by atoms with Crippen LogP contribution in [0.3, 0.4) is 0 Å². The summed E-state index contributed by atoms with van der Waals surface area (Å²) in [5.74, 6) is 0. The van der Waals surface area contributed by atoms with Gasteiger partial charge in [0.15, 0.2) is 0 Å². The number of halogens is 3. The molecule has 1 unspecified atom stereocenters. The molecule has 0 aliphatic rings. The lowest BCUT2D eigenvalue weighted by Crippen LogP contribution is -1.88. The Morgan fingerprint density at radius 1 is 1.55 bits per heavy atom. The molecule has 0 spiro atoms. The van der Waals surface area contributed by atoms with Crippen molar-refractivity contribution in [2.24, 2.45) is 0 Å². The first-order chi connectivity index (χ1) is 5.13. The summed E-state index contributed by atoms with van der Waals surface area (Å²) in [6, 6.07) is 5.23. The van der Waals surface area contributed by atoms with E-state index < -0.39 is 6.17 Å². The van der Waals surface area contributed by atoms with Crippen molar-refractivity contribution in [1.29, 1.82) is 0 Å². The monoisotopic (exact) mass is 236 g/mol. The summed E-state index contributed by atoms with van der Waals surface area (Å²) in [6.07, 6.45) is -1.03. The SMILES string of the molecule is CC(F)c1c(Cl)cccc1Br. The topological polar surface area (TPSA) is 0 Å². The molecule has 0 aromatic heterocycles. The van der Waals surface area contributed by atoms with Gasteiger partial charge in [0.1, 0.15) is 6.17 Å². The summed E-state index contributed by atoms with van der Waals surface area (Å²) >= 11 is 8.98. The summed E-state index contributed by atoms with van der Waals surface area (Å²) in [4.78, 5) is 0. The van der Waals surface area contributed by atoms with Gasteiger partial charge in [0.05, 0.1) is 0 Å². The first-order valence-electron chi connectivity index (χ1n) is 3.21. The smallest absolute Gasteiger partial charge is 0.125 e. The number of rotatable bonds is 1. The van der Waals surface area contributed by atoms with Crippen molar-refractivity contribution in [1.82, 2.24) is 0 Å². The van der Waals surface area contributed by atoms with Gasteiger partial charge in [0.2, 0.25) is 0 Å². The number of benzene rings is 1. The highest BCUT2D eigenvalue weighted by Crippen LogP contribution is 2.31. The van der Waals surface area contributed by atoms with Crippen LogP contribution in [0.5, 0.6) is 0 Å². The van der Waals surface area contributed by atoms with Crippen LogP contribution in [0.25, 0.3) is 0 Å². The molecule has 1 rings (SSSR count). The van der Waals surface area contributed by atoms with E-state index in [9.17, 15) is 4.39 Å². The van der Waals surface area contributed by atoms with Crippen molar-refractivity contribution < 1.29 is 4.39 Å². The third kappa shape index (κ3) is 1.94. The zero-order valence-corrected chi connectivity index (χ0v) is 8.29. The molecule has 60 valence electrons. The van der Waals surface area contributed by atoms with Crippen LogP contribution in [0, 0.1) is 0 Å². The van der Waals surface area contributed by atoms with E-state index in [4.69, 9.17) is 11.6 Å². The second-order valence-corrected chi connectivity index (χ2v) is 3.51. The number of hydrogen-bond acceptors (Lipinski definition) is 0. The van der Waals surface area contributed by atoms with Crippen molar-refractivity contribution in [3.63, 3.8) is 0 Å². The summed E-state index contributed by atoms with van der Waals surface area (Å²) < 4.78 is 13.6. The molecule has 0 saturated carbocycles. The first-order valence-corrected chi connectivity index (χ1v) is 4.38. The maximum Gasteiger partial charge on any atom is 0.125 e. The highest BCUT2D eigenvalue weighted by Gasteiger charge is 2.10. The van der Waals surface area contributed by atoms with Crippen LogP contribution in [0.1, 0.15) is 18.7 Å². The van der Waals surface area contributed by atoms with E-state index >= 15 is 0 Å². The molecule has 1 atom stereocenters. The summed E-state index contributed by atoms with van der Waals surface area (Å²) in [6.45, 7) is 1.46. The number of alkyl halides is 1. The van der Waals surface area contributed by atoms with Gasteiger partial charge in [-0.15, -0.1) is 0 Å². The first kappa shape index (κ1) is 9.01. The molecule has 0 bridgehead atoms. The van der Waals surface area contributed by atoms with Crippen molar-refractivity contribution in [3.8, 4) is 0 Å². The van der Waals surface area contributed by atoms with Crippen LogP contribution in [-0.4, -0.2) is 0 Å². The van der Waals surface area contributed by atoms with E-state index in [0.717, 1.165) is 4.47 Å². The predicted molar refractivity (Wildman–Crippen MR) is 48.7 cm³/mol. The summed E-state index contributed by atoms with van der Waals surface area (Å²) in [5.41, 5.74) is 0.522. The van der Waals surface area contributed by atoms with Crippen molar-refractivity contribution in [2.45, 2.75) is 13.1 Å². The van der Waals surface area contributed by atoms with Crippen LogP contribution in [-0.2, 0) is 0 Å². The van der Waals surface area contributed by atoms with Gasteiger partial charge in [-0.05, 0) is 19.1 Å². The minimum absolute atomic E-state index is 0.467. The standard InChI is InChI=1S/C8H7BrClF/c1-5(11)8-6(9)3-2-4-7(8)10/h2-5H,1H3. The van der Waals surface area contributed by atoms with E-state index in [1.165, 1.54) is 6.92 Å². The third-order valence-electron chi connectivity index (χ3n) is 1.40. The van der Waals surface area contributed by atoms with Gasteiger partial charge in [-0.3, -0.25) is 0 Å². The largest absolute Gasteiger partial charge is 0.243 e. The van der Waals surface area contributed by atoms with E-state index in [0.29, 0.717) is 10.6 Å². The van der Waals surface area contributed by atoms with E-state index in [-0.39, 0.29) is 0 Å². The van der Waals surface area contributed by atoms with Crippen LogP contribution >= 0.6 is 27.5 Å². The fourth-order valence-corrected chi connectivity index (χ4v) is 2.01. The molecule has 0 fully saturated rings. The molecule has 0 aliphatic carbocycles.